The summed E-state index contributed by atoms with van der Waals surface area (Å²) >= 11 is 0. The summed E-state index contributed by atoms with van der Waals surface area (Å²) in [6.07, 6.45) is 0. The molecule has 0 saturated heterocycles. The lowest BCUT2D eigenvalue weighted by molar-refractivity contribution is 0.302. The van der Waals surface area contributed by atoms with Gasteiger partial charge in [-0.3, -0.25) is 4.90 Å². The average Bonchev–Trinajstić information content (AvgIpc) is 2.76. The lowest BCUT2D eigenvalue weighted by atomic mass is 10.3. The monoisotopic (exact) mass is 244 g/mol. The van der Waals surface area contributed by atoms with Crippen molar-refractivity contribution in [3.8, 4) is 0 Å². The van der Waals surface area contributed by atoms with Crippen molar-refractivity contribution in [1.29, 1.82) is 0 Å². The third kappa shape index (κ3) is 3.93. The van der Waals surface area contributed by atoms with Crippen molar-refractivity contribution >= 4 is 5.69 Å². The van der Waals surface area contributed by atoms with Crippen LogP contribution in [0, 0.1) is 6.92 Å². The molecule has 3 nitrogen and oxygen atoms in total. The molecule has 0 saturated carbocycles. The number of hydrogen-bond donors (Lipinski definition) is 1. The second-order valence-corrected chi connectivity index (χ2v) is 4.54. The highest BCUT2D eigenvalue weighted by atomic mass is 16.3. The fraction of sp³-hybridized carbons (Fsp3) is 0.333. The van der Waals surface area contributed by atoms with Crippen molar-refractivity contribution < 1.29 is 4.42 Å². The van der Waals surface area contributed by atoms with E-state index in [1.165, 1.54) is 5.69 Å². The van der Waals surface area contributed by atoms with Gasteiger partial charge in [0.2, 0.25) is 0 Å². The Hall–Kier alpha value is -1.74. The molecule has 1 heterocycles. The molecule has 0 bridgehead atoms. The van der Waals surface area contributed by atoms with Gasteiger partial charge in [-0.2, -0.15) is 0 Å². The maximum Gasteiger partial charge on any atom is 0.118 e. The number of nitrogens with zero attached hydrogens (tertiary/aromatic N) is 1. The van der Waals surface area contributed by atoms with Gasteiger partial charge in [0.05, 0.1) is 6.54 Å². The Kier molecular flexibility index (Phi) is 4.42. The van der Waals surface area contributed by atoms with Crippen molar-refractivity contribution in [2.75, 3.05) is 25.5 Å². The molecule has 96 valence electrons. The van der Waals surface area contributed by atoms with Crippen LogP contribution in [0.15, 0.2) is 46.9 Å². The van der Waals surface area contributed by atoms with Gasteiger partial charge < -0.3 is 9.73 Å². The van der Waals surface area contributed by atoms with E-state index < -0.39 is 0 Å². The third-order valence-electron chi connectivity index (χ3n) is 2.82. The SMILES string of the molecule is Cc1ccc(CN(C)CCNc2ccccc2)o1. The van der Waals surface area contributed by atoms with E-state index >= 15 is 0 Å². The summed E-state index contributed by atoms with van der Waals surface area (Å²) < 4.78 is 5.56. The summed E-state index contributed by atoms with van der Waals surface area (Å²) in [6, 6.07) is 14.3. The lowest BCUT2D eigenvalue weighted by Gasteiger charge is -2.15. The van der Waals surface area contributed by atoms with E-state index in [0.717, 1.165) is 31.2 Å². The highest BCUT2D eigenvalue weighted by molar-refractivity contribution is 5.42. The van der Waals surface area contributed by atoms with E-state index in [0.29, 0.717) is 0 Å². The summed E-state index contributed by atoms with van der Waals surface area (Å²) in [7, 11) is 2.10. The van der Waals surface area contributed by atoms with Gasteiger partial charge in [-0.1, -0.05) is 18.2 Å². The molecule has 0 aliphatic rings. The summed E-state index contributed by atoms with van der Waals surface area (Å²) in [5.41, 5.74) is 1.17. The van der Waals surface area contributed by atoms with Gasteiger partial charge in [0.1, 0.15) is 11.5 Å². The zero-order valence-electron chi connectivity index (χ0n) is 11.0. The Balaban J connectivity index is 1.70. The summed E-state index contributed by atoms with van der Waals surface area (Å²) in [4.78, 5) is 2.24. The topological polar surface area (TPSA) is 28.4 Å². The molecule has 0 spiro atoms. The molecule has 0 unspecified atom stereocenters. The van der Waals surface area contributed by atoms with Crippen molar-refractivity contribution in [3.63, 3.8) is 0 Å². The zero-order chi connectivity index (χ0) is 12.8. The van der Waals surface area contributed by atoms with Gasteiger partial charge in [0, 0.05) is 18.8 Å². The molecule has 2 aromatic rings. The summed E-state index contributed by atoms with van der Waals surface area (Å²) in [5.74, 6) is 2.00. The number of furan rings is 1. The third-order valence-corrected chi connectivity index (χ3v) is 2.82. The predicted octanol–water partition coefficient (Wildman–Crippen LogP) is 3.13. The largest absolute Gasteiger partial charge is 0.465 e. The first kappa shape index (κ1) is 12.7. The van der Waals surface area contributed by atoms with E-state index in [9.17, 15) is 0 Å². The molecule has 0 aliphatic carbocycles. The molecule has 0 atom stereocenters. The highest BCUT2D eigenvalue weighted by Crippen LogP contribution is 2.08. The van der Waals surface area contributed by atoms with E-state index in [2.05, 4.69) is 29.4 Å². The van der Waals surface area contributed by atoms with Gasteiger partial charge >= 0.3 is 0 Å². The molecule has 2 rings (SSSR count). The number of rotatable bonds is 6. The Labute approximate surface area is 108 Å². The minimum atomic E-state index is 0.851. The number of anilines is 1. The van der Waals surface area contributed by atoms with Crippen LogP contribution < -0.4 is 5.32 Å². The fourth-order valence-electron chi connectivity index (χ4n) is 1.86. The van der Waals surface area contributed by atoms with Crippen LogP contribution in [0.3, 0.4) is 0 Å². The Morgan fingerprint density at radius 1 is 1.11 bits per heavy atom. The first-order valence-corrected chi connectivity index (χ1v) is 6.27. The normalized spacial score (nSPS) is 10.8. The highest BCUT2D eigenvalue weighted by Gasteiger charge is 2.03. The summed E-state index contributed by atoms with van der Waals surface area (Å²) in [6.45, 7) is 4.74. The zero-order valence-corrected chi connectivity index (χ0v) is 11.0. The second-order valence-electron chi connectivity index (χ2n) is 4.54. The van der Waals surface area contributed by atoms with E-state index in [1.807, 2.05) is 37.3 Å². The number of aryl methyl sites for hydroxylation is 1. The minimum absolute atomic E-state index is 0.851. The molecule has 0 fully saturated rings. The lowest BCUT2D eigenvalue weighted by Crippen LogP contribution is -2.24. The molecular formula is C15H20N2O. The number of nitrogens with one attached hydrogen (secondary N) is 1. The standard InChI is InChI=1S/C15H20N2O/c1-13-8-9-15(18-13)12-17(2)11-10-16-14-6-4-3-5-7-14/h3-9,16H,10-12H2,1-2H3. The van der Waals surface area contributed by atoms with Crippen LogP contribution in [0.4, 0.5) is 5.69 Å². The van der Waals surface area contributed by atoms with Crippen molar-refractivity contribution in [2.45, 2.75) is 13.5 Å². The smallest absolute Gasteiger partial charge is 0.118 e. The predicted molar refractivity (Wildman–Crippen MR) is 74.7 cm³/mol. The fourth-order valence-corrected chi connectivity index (χ4v) is 1.86. The first-order valence-electron chi connectivity index (χ1n) is 6.27. The van der Waals surface area contributed by atoms with Gasteiger partial charge in [0.15, 0.2) is 0 Å². The number of likely N-dealkylation sites (N-methyl/N-ethyl adjacent to an activating group) is 1. The minimum Gasteiger partial charge on any atom is -0.465 e. The number of benzene rings is 1. The molecule has 3 heteroatoms. The molecule has 1 N–H and O–H groups in total. The van der Waals surface area contributed by atoms with Crippen LogP contribution in [0.1, 0.15) is 11.5 Å². The average molecular weight is 244 g/mol. The van der Waals surface area contributed by atoms with Crippen molar-refractivity contribution in [3.05, 3.63) is 54.0 Å². The maximum atomic E-state index is 5.56. The molecular weight excluding hydrogens is 224 g/mol. The van der Waals surface area contributed by atoms with E-state index in [-0.39, 0.29) is 0 Å². The Bertz CT molecular complexity index is 464. The first-order chi connectivity index (χ1) is 8.74. The van der Waals surface area contributed by atoms with Gasteiger partial charge in [0.25, 0.3) is 0 Å². The number of hydrogen-bond acceptors (Lipinski definition) is 3. The van der Waals surface area contributed by atoms with Gasteiger partial charge in [-0.25, -0.2) is 0 Å². The second kappa shape index (κ2) is 6.26. The summed E-state index contributed by atoms with van der Waals surface area (Å²) in [5, 5.41) is 3.39. The van der Waals surface area contributed by atoms with Crippen LogP contribution in [0.25, 0.3) is 0 Å². The molecule has 1 aromatic carbocycles. The van der Waals surface area contributed by atoms with E-state index in [1.54, 1.807) is 0 Å². The van der Waals surface area contributed by atoms with Crippen molar-refractivity contribution in [2.24, 2.45) is 0 Å². The molecule has 18 heavy (non-hydrogen) atoms. The molecule has 0 radical (unpaired) electrons. The van der Waals surface area contributed by atoms with Crippen LogP contribution in [0.2, 0.25) is 0 Å². The molecule has 0 amide bonds. The van der Waals surface area contributed by atoms with Crippen molar-refractivity contribution in [1.82, 2.24) is 4.90 Å². The van der Waals surface area contributed by atoms with Crippen LogP contribution in [-0.2, 0) is 6.54 Å². The van der Waals surface area contributed by atoms with Crippen LogP contribution >= 0.6 is 0 Å². The van der Waals surface area contributed by atoms with E-state index in [4.69, 9.17) is 4.42 Å². The Morgan fingerprint density at radius 2 is 1.89 bits per heavy atom. The Morgan fingerprint density at radius 3 is 2.56 bits per heavy atom. The maximum absolute atomic E-state index is 5.56. The van der Waals surface area contributed by atoms with Gasteiger partial charge in [-0.05, 0) is 38.2 Å². The van der Waals surface area contributed by atoms with Crippen LogP contribution in [-0.4, -0.2) is 25.0 Å². The quantitative estimate of drug-likeness (QED) is 0.846. The molecule has 0 aliphatic heterocycles. The van der Waals surface area contributed by atoms with Crippen LogP contribution in [0.5, 0.6) is 0 Å². The molecule has 1 aromatic heterocycles. The van der Waals surface area contributed by atoms with Gasteiger partial charge in [-0.15, -0.1) is 0 Å². The number of para-hydroxylation sites is 1.